The van der Waals surface area contributed by atoms with Crippen molar-refractivity contribution in [2.24, 2.45) is 0 Å². The summed E-state index contributed by atoms with van der Waals surface area (Å²) in [6.07, 6.45) is 1.76. The number of hydrogen-bond donors (Lipinski definition) is 2. The van der Waals surface area contributed by atoms with Crippen LogP contribution in [0.4, 0.5) is 0 Å². The van der Waals surface area contributed by atoms with Crippen LogP contribution in [-0.4, -0.2) is 27.7 Å². The Balaban J connectivity index is 1.89. The minimum Gasteiger partial charge on any atom is -0.506 e. The summed E-state index contributed by atoms with van der Waals surface area (Å²) in [5.41, 5.74) is 0.378. The summed E-state index contributed by atoms with van der Waals surface area (Å²) in [5.74, 6) is 0.120. The molecule has 0 aliphatic heterocycles. The Morgan fingerprint density at radius 3 is 3.00 bits per heavy atom. The van der Waals surface area contributed by atoms with Crippen molar-refractivity contribution in [1.82, 2.24) is 15.5 Å². The van der Waals surface area contributed by atoms with Crippen molar-refractivity contribution in [3.8, 4) is 5.75 Å². The van der Waals surface area contributed by atoms with E-state index in [1.165, 1.54) is 24.5 Å². The Bertz CT molecular complexity index is 542. The average molecular weight is 268 g/mol. The molecule has 0 spiro atoms. The van der Waals surface area contributed by atoms with Gasteiger partial charge >= 0.3 is 0 Å². The molecular weight excluding hydrogens is 258 g/mol. The molecule has 2 rings (SSSR count). The number of aromatic hydroxyl groups is 1. The number of halogens is 1. The first kappa shape index (κ1) is 12.4. The number of carbonyl (C=O) groups excluding carboxylic acids is 1. The Morgan fingerprint density at radius 2 is 2.33 bits per heavy atom. The second-order valence-electron chi connectivity index (χ2n) is 3.51. The Kier molecular flexibility index (Phi) is 3.78. The lowest BCUT2D eigenvalue weighted by Crippen LogP contribution is -2.25. The molecule has 18 heavy (non-hydrogen) atoms. The minimum absolute atomic E-state index is 0.0564. The van der Waals surface area contributed by atoms with Crippen LogP contribution in [0.3, 0.4) is 0 Å². The predicted octanol–water partition coefficient (Wildman–Crippen LogP) is 1.40. The van der Waals surface area contributed by atoms with Gasteiger partial charge in [0.1, 0.15) is 5.75 Å². The van der Waals surface area contributed by atoms with Gasteiger partial charge < -0.3 is 14.9 Å². The maximum atomic E-state index is 11.7. The smallest absolute Gasteiger partial charge is 0.251 e. The Morgan fingerprint density at radius 1 is 1.50 bits per heavy atom. The fourth-order valence-electron chi connectivity index (χ4n) is 1.34. The van der Waals surface area contributed by atoms with E-state index in [0.29, 0.717) is 24.4 Å². The van der Waals surface area contributed by atoms with Crippen LogP contribution >= 0.6 is 11.6 Å². The minimum atomic E-state index is -0.281. The largest absolute Gasteiger partial charge is 0.506 e. The number of phenolic OH excluding ortho intramolecular Hbond substituents is 1. The van der Waals surface area contributed by atoms with Gasteiger partial charge in [-0.3, -0.25) is 4.79 Å². The van der Waals surface area contributed by atoms with Crippen LogP contribution in [0.25, 0.3) is 0 Å². The zero-order valence-electron chi connectivity index (χ0n) is 9.26. The lowest BCUT2D eigenvalue weighted by Gasteiger charge is -2.04. The van der Waals surface area contributed by atoms with Crippen LogP contribution in [0.15, 0.2) is 29.0 Å². The molecule has 0 saturated heterocycles. The second kappa shape index (κ2) is 5.50. The van der Waals surface area contributed by atoms with E-state index in [0.717, 1.165) is 0 Å². The van der Waals surface area contributed by atoms with Crippen molar-refractivity contribution in [3.63, 3.8) is 0 Å². The highest BCUT2D eigenvalue weighted by molar-refractivity contribution is 6.32. The van der Waals surface area contributed by atoms with Gasteiger partial charge in [0.05, 0.1) is 5.02 Å². The van der Waals surface area contributed by atoms with Crippen molar-refractivity contribution in [2.75, 3.05) is 6.54 Å². The lowest BCUT2D eigenvalue weighted by molar-refractivity contribution is 0.0953. The first-order valence-electron chi connectivity index (χ1n) is 5.19. The van der Waals surface area contributed by atoms with Crippen LogP contribution in [0, 0.1) is 0 Å². The molecular formula is C11H10ClN3O3. The molecule has 6 nitrogen and oxygen atoms in total. The molecule has 0 unspecified atom stereocenters. The molecule has 0 bridgehead atoms. The van der Waals surface area contributed by atoms with Crippen LogP contribution < -0.4 is 5.32 Å². The van der Waals surface area contributed by atoms with Crippen molar-refractivity contribution in [2.45, 2.75) is 6.42 Å². The maximum absolute atomic E-state index is 11.7. The van der Waals surface area contributed by atoms with E-state index in [-0.39, 0.29) is 16.7 Å². The summed E-state index contributed by atoms with van der Waals surface area (Å²) >= 11 is 5.71. The van der Waals surface area contributed by atoms with Crippen LogP contribution in [-0.2, 0) is 6.42 Å². The third-order valence-electron chi connectivity index (χ3n) is 2.24. The summed E-state index contributed by atoms with van der Waals surface area (Å²) in [7, 11) is 0. The number of amides is 1. The highest BCUT2D eigenvalue weighted by Crippen LogP contribution is 2.23. The highest BCUT2D eigenvalue weighted by atomic mass is 35.5. The summed E-state index contributed by atoms with van der Waals surface area (Å²) in [6, 6.07) is 4.26. The second-order valence-corrected chi connectivity index (χ2v) is 3.91. The monoisotopic (exact) mass is 267 g/mol. The molecule has 1 amide bonds. The topological polar surface area (TPSA) is 88.3 Å². The Hall–Kier alpha value is -2.08. The highest BCUT2D eigenvalue weighted by Gasteiger charge is 2.08. The Labute approximate surface area is 108 Å². The molecule has 0 saturated carbocycles. The molecule has 2 N–H and O–H groups in total. The fraction of sp³-hybridized carbons (Fsp3) is 0.182. The molecule has 94 valence electrons. The number of hydrogen-bond acceptors (Lipinski definition) is 5. The number of rotatable bonds is 4. The normalized spacial score (nSPS) is 10.3. The van der Waals surface area contributed by atoms with Gasteiger partial charge in [0.25, 0.3) is 5.91 Å². The summed E-state index contributed by atoms with van der Waals surface area (Å²) in [6.45, 7) is 0.375. The number of aromatic nitrogens is 2. The van der Waals surface area contributed by atoms with Gasteiger partial charge in [-0.05, 0) is 18.2 Å². The molecule has 0 atom stereocenters. The average Bonchev–Trinajstić information content (AvgIpc) is 2.85. The number of phenols is 1. The number of benzene rings is 1. The van der Waals surface area contributed by atoms with Gasteiger partial charge in [-0.2, -0.15) is 4.98 Å². The van der Waals surface area contributed by atoms with Gasteiger partial charge in [0, 0.05) is 18.5 Å². The number of carbonyl (C=O) groups is 1. The molecule has 0 aliphatic carbocycles. The van der Waals surface area contributed by atoms with Crippen molar-refractivity contribution in [1.29, 1.82) is 0 Å². The third kappa shape index (κ3) is 2.98. The summed E-state index contributed by atoms with van der Waals surface area (Å²) in [4.78, 5) is 15.5. The van der Waals surface area contributed by atoms with E-state index in [1.807, 2.05) is 0 Å². The summed E-state index contributed by atoms with van der Waals surface area (Å²) in [5, 5.41) is 15.5. The van der Waals surface area contributed by atoms with Crippen LogP contribution in [0.1, 0.15) is 16.2 Å². The van der Waals surface area contributed by atoms with Crippen molar-refractivity contribution >= 4 is 17.5 Å². The van der Waals surface area contributed by atoms with Gasteiger partial charge in [-0.1, -0.05) is 16.8 Å². The predicted molar refractivity (Wildman–Crippen MR) is 63.5 cm³/mol. The molecule has 0 radical (unpaired) electrons. The third-order valence-corrected chi connectivity index (χ3v) is 2.54. The molecule has 7 heteroatoms. The molecule has 0 aliphatic rings. The van der Waals surface area contributed by atoms with Crippen LogP contribution in [0.5, 0.6) is 5.75 Å². The first-order chi connectivity index (χ1) is 8.66. The molecule has 1 heterocycles. The van der Waals surface area contributed by atoms with E-state index in [2.05, 4.69) is 15.5 Å². The molecule has 0 fully saturated rings. The van der Waals surface area contributed by atoms with Gasteiger partial charge in [0.15, 0.2) is 6.33 Å². The van der Waals surface area contributed by atoms with E-state index < -0.39 is 0 Å². The fourth-order valence-corrected chi connectivity index (χ4v) is 1.52. The first-order valence-corrected chi connectivity index (χ1v) is 5.57. The van der Waals surface area contributed by atoms with E-state index >= 15 is 0 Å². The number of nitrogens with one attached hydrogen (secondary N) is 1. The molecule has 1 aromatic heterocycles. The molecule has 2 aromatic rings. The standard InChI is InChI=1S/C11H10ClN3O3/c12-8-5-7(1-2-9(8)16)11(17)13-4-3-10-14-6-15-18-10/h1-2,5-6,16H,3-4H2,(H,13,17). The zero-order valence-corrected chi connectivity index (χ0v) is 10.0. The van der Waals surface area contributed by atoms with E-state index in [4.69, 9.17) is 16.1 Å². The van der Waals surface area contributed by atoms with Gasteiger partial charge in [-0.15, -0.1) is 0 Å². The van der Waals surface area contributed by atoms with Gasteiger partial charge in [0.2, 0.25) is 5.89 Å². The molecule has 1 aromatic carbocycles. The van der Waals surface area contributed by atoms with E-state index in [9.17, 15) is 9.90 Å². The van der Waals surface area contributed by atoms with E-state index in [1.54, 1.807) is 0 Å². The number of nitrogens with zero attached hydrogens (tertiary/aromatic N) is 2. The summed E-state index contributed by atoms with van der Waals surface area (Å²) < 4.78 is 4.79. The zero-order chi connectivity index (χ0) is 13.0. The maximum Gasteiger partial charge on any atom is 0.251 e. The van der Waals surface area contributed by atoms with Gasteiger partial charge in [-0.25, -0.2) is 0 Å². The lowest BCUT2D eigenvalue weighted by atomic mass is 10.2. The quantitative estimate of drug-likeness (QED) is 0.874. The van der Waals surface area contributed by atoms with Crippen LogP contribution in [0.2, 0.25) is 5.02 Å². The van der Waals surface area contributed by atoms with Crippen molar-refractivity contribution < 1.29 is 14.4 Å². The SMILES string of the molecule is O=C(NCCc1ncno1)c1ccc(O)c(Cl)c1. The van der Waals surface area contributed by atoms with Crippen molar-refractivity contribution in [3.05, 3.63) is 41.0 Å².